The molecule has 1 fully saturated rings. The molecule has 2 aromatic rings. The molecule has 2 aromatic carbocycles. The zero-order valence-corrected chi connectivity index (χ0v) is 13.9. The quantitative estimate of drug-likeness (QED) is 0.860. The lowest BCUT2D eigenvalue weighted by atomic mass is 9.80. The Morgan fingerprint density at radius 1 is 1.17 bits per heavy atom. The van der Waals surface area contributed by atoms with Crippen molar-refractivity contribution in [3.63, 3.8) is 0 Å². The van der Waals surface area contributed by atoms with Gasteiger partial charge in [0, 0.05) is 18.0 Å². The monoisotopic (exact) mass is 325 g/mol. The second kappa shape index (κ2) is 7.39. The number of rotatable bonds is 5. The first-order chi connectivity index (χ1) is 11.7. The van der Waals surface area contributed by atoms with Crippen molar-refractivity contribution in [1.29, 1.82) is 0 Å². The van der Waals surface area contributed by atoms with Crippen molar-refractivity contribution in [3.05, 3.63) is 54.1 Å². The summed E-state index contributed by atoms with van der Waals surface area (Å²) in [6.45, 7) is 0. The highest BCUT2D eigenvalue weighted by atomic mass is 16.5. The van der Waals surface area contributed by atoms with Gasteiger partial charge in [-0.15, -0.1) is 0 Å². The topological polar surface area (TPSA) is 58.6 Å². The lowest BCUT2D eigenvalue weighted by molar-refractivity contribution is -0.125. The third-order valence-electron chi connectivity index (χ3n) is 4.66. The number of phenolic OH excluding ortho intramolecular Hbond substituents is 1. The van der Waals surface area contributed by atoms with E-state index in [2.05, 4.69) is 5.32 Å². The van der Waals surface area contributed by atoms with Crippen molar-refractivity contribution < 1.29 is 14.6 Å². The minimum absolute atomic E-state index is 0.0618. The predicted octanol–water partition coefficient (Wildman–Crippen LogP) is 4.31. The van der Waals surface area contributed by atoms with E-state index in [-0.39, 0.29) is 17.7 Å². The van der Waals surface area contributed by atoms with Crippen LogP contribution in [-0.4, -0.2) is 18.0 Å². The maximum atomic E-state index is 12.5. The Bertz CT molecular complexity index is 699. The zero-order chi connectivity index (χ0) is 16.9. The second-order valence-corrected chi connectivity index (χ2v) is 6.24. The molecule has 0 amide bonds. The summed E-state index contributed by atoms with van der Waals surface area (Å²) in [5.41, 5.74) is 1.93. The Kier molecular flexibility index (Phi) is 5.04. The van der Waals surface area contributed by atoms with Crippen LogP contribution in [0, 0.1) is 5.92 Å². The number of para-hydroxylation sites is 1. The first-order valence-corrected chi connectivity index (χ1v) is 8.40. The molecule has 1 aliphatic rings. The molecule has 4 nitrogen and oxygen atoms in total. The third-order valence-corrected chi connectivity index (χ3v) is 4.66. The number of phenols is 1. The number of nitrogens with one attached hydrogen (secondary N) is 1. The molecule has 0 heterocycles. The summed E-state index contributed by atoms with van der Waals surface area (Å²) in [5.74, 6) is 0.778. The minimum Gasteiger partial charge on any atom is -0.504 e. The summed E-state index contributed by atoms with van der Waals surface area (Å²) in [6.07, 6.45) is 3.57. The number of Topliss-reactive ketones (excluding diaryl/α,β-unsaturated/α-hetero) is 1. The molecule has 1 saturated carbocycles. The van der Waals surface area contributed by atoms with Crippen molar-refractivity contribution in [2.24, 2.45) is 5.92 Å². The number of benzene rings is 2. The fraction of sp³-hybridized carbons (Fsp3) is 0.350. The van der Waals surface area contributed by atoms with E-state index in [4.69, 9.17) is 4.74 Å². The number of aromatic hydroxyl groups is 1. The average Bonchev–Trinajstić information content (AvgIpc) is 2.62. The molecule has 0 radical (unpaired) electrons. The highest BCUT2D eigenvalue weighted by molar-refractivity contribution is 5.83. The molecule has 24 heavy (non-hydrogen) atoms. The van der Waals surface area contributed by atoms with Crippen LogP contribution in [0.2, 0.25) is 0 Å². The van der Waals surface area contributed by atoms with Crippen molar-refractivity contribution in [1.82, 2.24) is 0 Å². The van der Waals surface area contributed by atoms with Crippen LogP contribution < -0.4 is 10.1 Å². The summed E-state index contributed by atoms with van der Waals surface area (Å²) in [5, 5.41) is 13.4. The number of carbonyl (C=O) groups excluding carboxylic acids is 1. The molecule has 0 aliphatic heterocycles. The molecule has 4 heteroatoms. The van der Waals surface area contributed by atoms with E-state index in [9.17, 15) is 9.90 Å². The smallest absolute Gasteiger partial charge is 0.160 e. The number of hydrogen-bond acceptors (Lipinski definition) is 4. The van der Waals surface area contributed by atoms with Gasteiger partial charge in [0.1, 0.15) is 5.78 Å². The van der Waals surface area contributed by atoms with Crippen molar-refractivity contribution >= 4 is 11.5 Å². The van der Waals surface area contributed by atoms with E-state index in [0.717, 1.165) is 30.5 Å². The molecule has 126 valence electrons. The van der Waals surface area contributed by atoms with Crippen molar-refractivity contribution in [2.75, 3.05) is 12.4 Å². The lowest BCUT2D eigenvalue weighted by Crippen LogP contribution is -2.30. The van der Waals surface area contributed by atoms with Gasteiger partial charge in [0.15, 0.2) is 11.5 Å². The average molecular weight is 325 g/mol. The van der Waals surface area contributed by atoms with Gasteiger partial charge in [-0.25, -0.2) is 0 Å². The highest BCUT2D eigenvalue weighted by Crippen LogP contribution is 2.37. The van der Waals surface area contributed by atoms with E-state index in [1.165, 1.54) is 7.11 Å². The van der Waals surface area contributed by atoms with Crippen LogP contribution in [0.3, 0.4) is 0 Å². The van der Waals surface area contributed by atoms with Crippen molar-refractivity contribution in [2.45, 2.75) is 31.7 Å². The van der Waals surface area contributed by atoms with Crippen LogP contribution in [0.15, 0.2) is 48.5 Å². The van der Waals surface area contributed by atoms with Gasteiger partial charge in [-0.3, -0.25) is 4.79 Å². The first-order valence-electron chi connectivity index (χ1n) is 8.40. The van der Waals surface area contributed by atoms with Crippen LogP contribution >= 0.6 is 0 Å². The second-order valence-electron chi connectivity index (χ2n) is 6.24. The Hall–Kier alpha value is -2.49. The van der Waals surface area contributed by atoms with Gasteiger partial charge in [0.05, 0.1) is 13.2 Å². The first kappa shape index (κ1) is 16.4. The highest BCUT2D eigenvalue weighted by Gasteiger charge is 2.31. The van der Waals surface area contributed by atoms with Crippen LogP contribution in [0.25, 0.3) is 0 Å². The molecule has 0 spiro atoms. The van der Waals surface area contributed by atoms with E-state index in [1.54, 1.807) is 6.07 Å². The molecule has 0 bridgehead atoms. The summed E-state index contributed by atoms with van der Waals surface area (Å²) < 4.78 is 5.24. The number of ether oxygens (including phenoxy) is 1. The van der Waals surface area contributed by atoms with Gasteiger partial charge in [0.2, 0.25) is 0 Å². The Balaban J connectivity index is 1.96. The fourth-order valence-electron chi connectivity index (χ4n) is 3.38. The van der Waals surface area contributed by atoms with Gasteiger partial charge in [0.25, 0.3) is 0 Å². The summed E-state index contributed by atoms with van der Waals surface area (Å²) >= 11 is 0. The fourth-order valence-corrected chi connectivity index (χ4v) is 3.38. The maximum Gasteiger partial charge on any atom is 0.160 e. The molecular formula is C20H23NO3. The van der Waals surface area contributed by atoms with E-state index in [0.29, 0.717) is 18.0 Å². The summed E-state index contributed by atoms with van der Waals surface area (Å²) in [6, 6.07) is 15.1. The number of anilines is 1. The van der Waals surface area contributed by atoms with Gasteiger partial charge < -0.3 is 15.2 Å². The van der Waals surface area contributed by atoms with Gasteiger partial charge in [-0.2, -0.15) is 0 Å². The normalized spacial score (nSPS) is 18.9. The minimum atomic E-state index is -0.130. The van der Waals surface area contributed by atoms with Crippen molar-refractivity contribution in [3.8, 4) is 11.5 Å². The molecule has 2 N–H and O–H groups in total. The van der Waals surface area contributed by atoms with Crippen LogP contribution in [0.1, 0.15) is 37.3 Å². The Morgan fingerprint density at radius 2 is 1.96 bits per heavy atom. The molecule has 0 saturated heterocycles. The molecule has 2 unspecified atom stereocenters. The standard InChI is InChI=1S/C20H23NO3/c1-24-19-13-14(11-12-18(19)23)20(16-9-5-6-10-17(16)22)21-15-7-3-2-4-8-15/h2-4,7-8,11-13,16,20-21,23H,5-6,9-10H2,1H3. The van der Waals surface area contributed by atoms with Crippen LogP contribution in [0.4, 0.5) is 5.69 Å². The van der Waals surface area contributed by atoms with Crippen LogP contribution in [-0.2, 0) is 4.79 Å². The molecular weight excluding hydrogens is 302 g/mol. The maximum absolute atomic E-state index is 12.5. The molecule has 3 rings (SSSR count). The predicted molar refractivity (Wildman–Crippen MR) is 94.4 cm³/mol. The summed E-state index contributed by atoms with van der Waals surface area (Å²) in [4.78, 5) is 12.5. The lowest BCUT2D eigenvalue weighted by Gasteiger charge is -2.31. The van der Waals surface area contributed by atoms with E-state index in [1.807, 2.05) is 42.5 Å². The number of methoxy groups -OCH3 is 1. The SMILES string of the molecule is COc1cc(C(Nc2ccccc2)C2CCCCC2=O)ccc1O. The molecule has 0 aromatic heterocycles. The summed E-state index contributed by atoms with van der Waals surface area (Å²) in [7, 11) is 1.53. The molecule has 2 atom stereocenters. The number of hydrogen-bond donors (Lipinski definition) is 2. The van der Waals surface area contributed by atoms with Crippen LogP contribution in [0.5, 0.6) is 11.5 Å². The molecule has 1 aliphatic carbocycles. The third kappa shape index (κ3) is 3.53. The largest absolute Gasteiger partial charge is 0.504 e. The van der Waals surface area contributed by atoms with E-state index < -0.39 is 0 Å². The number of ketones is 1. The Labute approximate surface area is 142 Å². The van der Waals surface area contributed by atoms with Gasteiger partial charge in [-0.1, -0.05) is 30.7 Å². The zero-order valence-electron chi connectivity index (χ0n) is 13.9. The van der Waals surface area contributed by atoms with Gasteiger partial charge >= 0.3 is 0 Å². The van der Waals surface area contributed by atoms with E-state index >= 15 is 0 Å². The number of carbonyl (C=O) groups is 1. The van der Waals surface area contributed by atoms with Gasteiger partial charge in [-0.05, 0) is 42.7 Å². The Morgan fingerprint density at radius 3 is 2.67 bits per heavy atom.